The lowest BCUT2D eigenvalue weighted by molar-refractivity contribution is 0.0955. The highest BCUT2D eigenvalue weighted by Gasteiger charge is 2.15. The fourth-order valence-corrected chi connectivity index (χ4v) is 2.39. The summed E-state index contributed by atoms with van der Waals surface area (Å²) in [5.41, 5.74) is 3.63. The second-order valence-corrected chi connectivity index (χ2v) is 4.75. The smallest absolute Gasteiger partial charge is 0.253 e. The van der Waals surface area contributed by atoms with Crippen LogP contribution in [0, 0.1) is 6.92 Å². The number of fused-ring (bicyclic) bond motifs is 1. The molecule has 102 valence electrons. The highest BCUT2D eigenvalue weighted by atomic mass is 16.1. The number of aromatic nitrogens is 3. The molecule has 0 aliphatic heterocycles. The second-order valence-electron chi connectivity index (χ2n) is 4.75. The minimum atomic E-state index is -0.0422. The third-order valence-corrected chi connectivity index (χ3v) is 3.36. The van der Waals surface area contributed by atoms with Gasteiger partial charge in [0.25, 0.3) is 5.91 Å². The summed E-state index contributed by atoms with van der Waals surface area (Å²) in [6.07, 6.45) is 4.15. The lowest BCUT2D eigenvalue weighted by Gasteiger charge is -2.04. The molecule has 3 rings (SSSR count). The first-order valence-corrected chi connectivity index (χ1v) is 6.58. The molecule has 0 saturated carbocycles. The summed E-state index contributed by atoms with van der Waals surface area (Å²) in [6, 6.07) is 7.83. The molecule has 1 amide bonds. The summed E-state index contributed by atoms with van der Waals surface area (Å²) in [5.74, 6) is -0.0422. The van der Waals surface area contributed by atoms with E-state index < -0.39 is 0 Å². The van der Waals surface area contributed by atoms with Crippen molar-refractivity contribution >= 4 is 16.8 Å². The van der Waals surface area contributed by atoms with Gasteiger partial charge >= 0.3 is 0 Å². The summed E-state index contributed by atoms with van der Waals surface area (Å²) < 4.78 is 0. The molecule has 2 heterocycles. The normalized spacial score (nSPS) is 10.8. The van der Waals surface area contributed by atoms with Gasteiger partial charge in [-0.05, 0) is 13.0 Å². The van der Waals surface area contributed by atoms with Crippen LogP contribution in [0.4, 0.5) is 0 Å². The van der Waals surface area contributed by atoms with Crippen molar-refractivity contribution in [3.8, 4) is 0 Å². The van der Waals surface area contributed by atoms with Crippen molar-refractivity contribution in [2.75, 3.05) is 6.54 Å². The molecule has 0 radical (unpaired) electrons. The molecule has 0 spiro atoms. The Hall–Kier alpha value is -2.56. The van der Waals surface area contributed by atoms with E-state index in [1.54, 1.807) is 12.5 Å². The van der Waals surface area contributed by atoms with E-state index in [4.69, 9.17) is 0 Å². The topological polar surface area (TPSA) is 73.6 Å². The highest BCUT2D eigenvalue weighted by molar-refractivity contribution is 6.08. The Morgan fingerprint density at radius 3 is 3.00 bits per heavy atom. The Morgan fingerprint density at radius 1 is 1.35 bits per heavy atom. The van der Waals surface area contributed by atoms with E-state index in [-0.39, 0.29) is 5.91 Å². The molecular weight excluding hydrogens is 252 g/mol. The molecule has 5 nitrogen and oxygen atoms in total. The molecule has 0 bridgehead atoms. The summed E-state index contributed by atoms with van der Waals surface area (Å²) in [5, 5.41) is 3.91. The fraction of sp³-hybridized carbons (Fsp3) is 0.200. The number of carbonyl (C=O) groups is 1. The quantitative estimate of drug-likeness (QED) is 0.678. The van der Waals surface area contributed by atoms with E-state index in [2.05, 4.69) is 20.3 Å². The summed E-state index contributed by atoms with van der Waals surface area (Å²) >= 11 is 0. The first-order valence-electron chi connectivity index (χ1n) is 6.58. The maximum absolute atomic E-state index is 12.3. The van der Waals surface area contributed by atoms with Crippen LogP contribution < -0.4 is 5.32 Å². The van der Waals surface area contributed by atoms with Crippen molar-refractivity contribution in [3.05, 3.63) is 53.7 Å². The van der Waals surface area contributed by atoms with Gasteiger partial charge in [0.15, 0.2) is 0 Å². The zero-order valence-electron chi connectivity index (χ0n) is 11.2. The van der Waals surface area contributed by atoms with Crippen molar-refractivity contribution in [3.63, 3.8) is 0 Å². The first kappa shape index (κ1) is 12.5. The van der Waals surface area contributed by atoms with E-state index in [1.165, 1.54) is 0 Å². The number of H-pyrrole nitrogens is 2. The molecule has 20 heavy (non-hydrogen) atoms. The summed E-state index contributed by atoms with van der Waals surface area (Å²) in [7, 11) is 0. The molecule has 3 aromatic rings. The molecule has 3 N–H and O–H groups in total. The standard InChI is InChI=1S/C15H16N4O/c1-10-14(12-4-2-3-5-13(12)19-10)15(20)17-7-6-11-8-16-9-18-11/h2-5,8-9,19H,6-7H2,1H3,(H,16,18)(H,17,20). The Morgan fingerprint density at radius 2 is 2.20 bits per heavy atom. The minimum Gasteiger partial charge on any atom is -0.358 e. The average Bonchev–Trinajstić information content (AvgIpc) is 3.04. The van der Waals surface area contributed by atoms with E-state index in [0.717, 1.165) is 34.3 Å². The number of benzene rings is 1. The lowest BCUT2D eigenvalue weighted by Crippen LogP contribution is -2.26. The Balaban J connectivity index is 1.74. The minimum absolute atomic E-state index is 0.0422. The van der Waals surface area contributed by atoms with Crippen LogP contribution in [-0.2, 0) is 6.42 Å². The number of carbonyl (C=O) groups excluding carboxylic acids is 1. The fourth-order valence-electron chi connectivity index (χ4n) is 2.39. The Kier molecular flexibility index (Phi) is 3.25. The number of imidazole rings is 1. The van der Waals surface area contributed by atoms with E-state index in [9.17, 15) is 4.79 Å². The van der Waals surface area contributed by atoms with Gasteiger partial charge < -0.3 is 15.3 Å². The van der Waals surface area contributed by atoms with Gasteiger partial charge in [-0.3, -0.25) is 4.79 Å². The van der Waals surface area contributed by atoms with Gasteiger partial charge in [0.1, 0.15) is 0 Å². The van der Waals surface area contributed by atoms with E-state index in [0.29, 0.717) is 6.54 Å². The third kappa shape index (κ3) is 2.30. The van der Waals surface area contributed by atoms with Gasteiger partial charge in [-0.2, -0.15) is 0 Å². The molecule has 0 aliphatic rings. The largest absolute Gasteiger partial charge is 0.358 e. The maximum Gasteiger partial charge on any atom is 0.253 e. The molecule has 5 heteroatoms. The zero-order chi connectivity index (χ0) is 13.9. The van der Waals surface area contributed by atoms with Gasteiger partial charge in [0, 0.05) is 41.5 Å². The second kappa shape index (κ2) is 5.21. The number of para-hydroxylation sites is 1. The Bertz CT molecular complexity index is 728. The van der Waals surface area contributed by atoms with Crippen LogP contribution in [0.1, 0.15) is 21.7 Å². The summed E-state index contributed by atoms with van der Waals surface area (Å²) in [6.45, 7) is 2.50. The maximum atomic E-state index is 12.3. The molecule has 0 saturated heterocycles. The number of amides is 1. The van der Waals surface area contributed by atoms with Crippen LogP contribution >= 0.6 is 0 Å². The molecule has 0 fully saturated rings. The monoisotopic (exact) mass is 268 g/mol. The molecule has 0 aliphatic carbocycles. The van der Waals surface area contributed by atoms with Gasteiger partial charge in [-0.25, -0.2) is 4.98 Å². The number of hydrogen-bond acceptors (Lipinski definition) is 2. The average molecular weight is 268 g/mol. The molecule has 0 unspecified atom stereocenters. The number of nitrogens with zero attached hydrogens (tertiary/aromatic N) is 1. The van der Waals surface area contributed by atoms with Gasteiger partial charge in [0.05, 0.1) is 11.9 Å². The van der Waals surface area contributed by atoms with E-state index in [1.807, 2.05) is 31.2 Å². The SMILES string of the molecule is Cc1[nH]c2ccccc2c1C(=O)NCCc1cnc[nH]1. The first-order chi connectivity index (χ1) is 9.75. The van der Waals surface area contributed by atoms with Gasteiger partial charge in [0.2, 0.25) is 0 Å². The number of rotatable bonds is 4. The van der Waals surface area contributed by atoms with E-state index >= 15 is 0 Å². The number of hydrogen-bond donors (Lipinski definition) is 3. The van der Waals surface area contributed by atoms with Crippen LogP contribution in [0.2, 0.25) is 0 Å². The lowest BCUT2D eigenvalue weighted by atomic mass is 10.1. The van der Waals surface area contributed by atoms with Crippen molar-refractivity contribution in [1.82, 2.24) is 20.3 Å². The number of aryl methyl sites for hydroxylation is 1. The van der Waals surface area contributed by atoms with Crippen LogP contribution in [0.3, 0.4) is 0 Å². The Labute approximate surface area is 116 Å². The molecule has 0 atom stereocenters. The van der Waals surface area contributed by atoms with Crippen LogP contribution in [-0.4, -0.2) is 27.4 Å². The predicted molar refractivity (Wildman–Crippen MR) is 77.7 cm³/mol. The molecule has 2 aromatic heterocycles. The van der Waals surface area contributed by atoms with Gasteiger partial charge in [-0.1, -0.05) is 18.2 Å². The summed E-state index contributed by atoms with van der Waals surface area (Å²) in [4.78, 5) is 22.5. The number of aromatic amines is 2. The van der Waals surface area contributed by atoms with Crippen molar-refractivity contribution in [1.29, 1.82) is 0 Å². The number of nitrogens with one attached hydrogen (secondary N) is 3. The molecule has 1 aromatic carbocycles. The van der Waals surface area contributed by atoms with Crippen LogP contribution in [0.15, 0.2) is 36.8 Å². The van der Waals surface area contributed by atoms with Crippen LogP contribution in [0.25, 0.3) is 10.9 Å². The zero-order valence-corrected chi connectivity index (χ0v) is 11.2. The highest BCUT2D eigenvalue weighted by Crippen LogP contribution is 2.21. The van der Waals surface area contributed by atoms with Crippen molar-refractivity contribution in [2.24, 2.45) is 0 Å². The van der Waals surface area contributed by atoms with Crippen molar-refractivity contribution in [2.45, 2.75) is 13.3 Å². The van der Waals surface area contributed by atoms with Crippen LogP contribution in [0.5, 0.6) is 0 Å². The van der Waals surface area contributed by atoms with Gasteiger partial charge in [-0.15, -0.1) is 0 Å². The molecular formula is C15H16N4O. The third-order valence-electron chi connectivity index (χ3n) is 3.36. The predicted octanol–water partition coefficient (Wildman–Crippen LogP) is 2.17. The van der Waals surface area contributed by atoms with Crippen molar-refractivity contribution < 1.29 is 4.79 Å².